The van der Waals surface area contributed by atoms with Crippen LogP contribution in [0.4, 0.5) is 0 Å². The van der Waals surface area contributed by atoms with Crippen molar-refractivity contribution in [3.05, 3.63) is 34.3 Å². The molecule has 0 spiro atoms. The van der Waals surface area contributed by atoms with Gasteiger partial charge in [-0.05, 0) is 44.5 Å². The van der Waals surface area contributed by atoms with Crippen LogP contribution in [0, 0.1) is 0 Å². The lowest BCUT2D eigenvalue weighted by molar-refractivity contribution is -0.0268. The number of benzene rings is 1. The summed E-state index contributed by atoms with van der Waals surface area (Å²) < 4.78 is 6.79. The van der Waals surface area contributed by atoms with Gasteiger partial charge in [0.2, 0.25) is 0 Å². The van der Waals surface area contributed by atoms with Crippen molar-refractivity contribution >= 4 is 15.9 Å². The highest BCUT2D eigenvalue weighted by atomic mass is 79.9. The molecule has 0 aromatic heterocycles. The fraction of sp³-hybridized carbons (Fsp3) is 0.571. The van der Waals surface area contributed by atoms with Crippen molar-refractivity contribution in [1.29, 1.82) is 0 Å². The Bertz CT molecular complexity index is 350. The third-order valence-corrected chi connectivity index (χ3v) is 4.08. The number of likely N-dealkylation sites (N-methyl/N-ethyl adjacent to an activating group) is 1. The average Bonchev–Trinajstić information content (AvgIpc) is 2.35. The fourth-order valence-electron chi connectivity index (χ4n) is 2.06. The molecule has 1 N–H and O–H groups in total. The monoisotopic (exact) mass is 299 g/mol. The molecule has 0 aliphatic rings. The van der Waals surface area contributed by atoms with Gasteiger partial charge < -0.3 is 10.1 Å². The quantitative estimate of drug-likeness (QED) is 0.869. The molecule has 0 saturated carbocycles. The van der Waals surface area contributed by atoms with E-state index in [4.69, 9.17) is 4.74 Å². The summed E-state index contributed by atoms with van der Waals surface area (Å²) in [7, 11) is 3.78. The third-order valence-electron chi connectivity index (χ3n) is 3.58. The van der Waals surface area contributed by atoms with Gasteiger partial charge in [-0.1, -0.05) is 35.0 Å². The number of nitrogens with one attached hydrogen (secondary N) is 1. The molecule has 1 rings (SSSR count). The van der Waals surface area contributed by atoms with Crippen LogP contribution in [0.15, 0.2) is 28.7 Å². The second kappa shape index (κ2) is 6.53. The highest BCUT2D eigenvalue weighted by molar-refractivity contribution is 9.10. The first-order chi connectivity index (χ1) is 8.05. The first-order valence-corrected chi connectivity index (χ1v) is 6.82. The minimum Gasteiger partial charge on any atom is -0.377 e. The van der Waals surface area contributed by atoms with Crippen molar-refractivity contribution in [2.45, 2.75) is 38.3 Å². The summed E-state index contributed by atoms with van der Waals surface area (Å²) in [6.07, 6.45) is 1.96. The molecule has 0 heterocycles. The minimum absolute atomic E-state index is 0.128. The SMILES string of the molecule is CCC(C)(OC)C(Cc1cccc(Br)c1)NC. The topological polar surface area (TPSA) is 21.3 Å². The highest BCUT2D eigenvalue weighted by Crippen LogP contribution is 2.23. The molecule has 0 fully saturated rings. The van der Waals surface area contributed by atoms with Gasteiger partial charge in [0.1, 0.15) is 0 Å². The number of hydrogen-bond donors (Lipinski definition) is 1. The average molecular weight is 300 g/mol. The zero-order valence-electron chi connectivity index (χ0n) is 11.1. The van der Waals surface area contributed by atoms with Gasteiger partial charge >= 0.3 is 0 Å². The lowest BCUT2D eigenvalue weighted by Crippen LogP contribution is -2.49. The van der Waals surface area contributed by atoms with Crippen molar-refractivity contribution in [2.24, 2.45) is 0 Å². The van der Waals surface area contributed by atoms with E-state index in [-0.39, 0.29) is 5.60 Å². The number of methoxy groups -OCH3 is 1. The van der Waals surface area contributed by atoms with Gasteiger partial charge in [-0.2, -0.15) is 0 Å². The zero-order valence-corrected chi connectivity index (χ0v) is 12.7. The summed E-state index contributed by atoms with van der Waals surface area (Å²) in [6, 6.07) is 8.75. The summed E-state index contributed by atoms with van der Waals surface area (Å²) in [6.45, 7) is 4.32. The molecule has 1 aromatic rings. The summed E-state index contributed by atoms with van der Waals surface area (Å²) in [4.78, 5) is 0. The second-order valence-electron chi connectivity index (χ2n) is 4.55. The lowest BCUT2D eigenvalue weighted by atomic mass is 9.88. The molecule has 0 amide bonds. The Morgan fingerprint density at radius 2 is 2.18 bits per heavy atom. The van der Waals surface area contributed by atoms with Crippen LogP contribution in [0.2, 0.25) is 0 Å². The van der Waals surface area contributed by atoms with E-state index in [0.29, 0.717) is 6.04 Å². The van der Waals surface area contributed by atoms with Crippen LogP contribution in [0.25, 0.3) is 0 Å². The van der Waals surface area contributed by atoms with Crippen molar-refractivity contribution in [3.63, 3.8) is 0 Å². The van der Waals surface area contributed by atoms with E-state index < -0.39 is 0 Å². The Labute approximate surface area is 113 Å². The predicted molar refractivity (Wildman–Crippen MR) is 76.4 cm³/mol. The van der Waals surface area contributed by atoms with E-state index in [0.717, 1.165) is 17.3 Å². The molecule has 0 aliphatic heterocycles. The van der Waals surface area contributed by atoms with Crippen molar-refractivity contribution < 1.29 is 4.74 Å². The Morgan fingerprint density at radius 3 is 2.65 bits per heavy atom. The Kier molecular flexibility index (Phi) is 5.63. The van der Waals surface area contributed by atoms with Gasteiger partial charge in [0, 0.05) is 17.6 Å². The summed E-state index contributed by atoms with van der Waals surface area (Å²) >= 11 is 3.51. The minimum atomic E-state index is -0.128. The predicted octanol–water partition coefficient (Wildman–Crippen LogP) is 3.39. The van der Waals surface area contributed by atoms with E-state index in [2.05, 4.69) is 53.3 Å². The standard InChI is InChI=1S/C14H22BrNO/c1-5-14(2,17-4)13(16-3)10-11-7-6-8-12(15)9-11/h6-9,13,16H,5,10H2,1-4H3. The van der Waals surface area contributed by atoms with Gasteiger partial charge in [0.25, 0.3) is 0 Å². The van der Waals surface area contributed by atoms with Gasteiger partial charge in [0.15, 0.2) is 0 Å². The van der Waals surface area contributed by atoms with Crippen LogP contribution in [-0.2, 0) is 11.2 Å². The van der Waals surface area contributed by atoms with Crippen LogP contribution in [0.3, 0.4) is 0 Å². The van der Waals surface area contributed by atoms with Gasteiger partial charge in [-0.3, -0.25) is 0 Å². The second-order valence-corrected chi connectivity index (χ2v) is 5.46. The molecule has 0 saturated heterocycles. The molecule has 0 radical (unpaired) electrons. The van der Waals surface area contributed by atoms with Crippen molar-refractivity contribution in [1.82, 2.24) is 5.32 Å². The first kappa shape index (κ1) is 14.7. The maximum absolute atomic E-state index is 5.67. The first-order valence-electron chi connectivity index (χ1n) is 6.02. The molecule has 2 atom stereocenters. The lowest BCUT2D eigenvalue weighted by Gasteiger charge is -2.35. The van der Waals surface area contributed by atoms with Crippen LogP contribution < -0.4 is 5.32 Å². The van der Waals surface area contributed by atoms with Gasteiger partial charge in [-0.15, -0.1) is 0 Å². The molecular formula is C14H22BrNO. The van der Waals surface area contributed by atoms with Crippen molar-refractivity contribution in [2.75, 3.05) is 14.2 Å². The summed E-state index contributed by atoms with van der Waals surface area (Å²) in [5, 5.41) is 3.37. The maximum Gasteiger partial charge on any atom is 0.0803 e. The summed E-state index contributed by atoms with van der Waals surface area (Å²) in [5.41, 5.74) is 1.19. The van der Waals surface area contributed by atoms with Gasteiger partial charge in [0.05, 0.1) is 5.60 Å². The molecule has 2 nitrogen and oxygen atoms in total. The number of hydrogen-bond acceptors (Lipinski definition) is 2. The third kappa shape index (κ3) is 3.80. The van der Waals surface area contributed by atoms with Gasteiger partial charge in [-0.25, -0.2) is 0 Å². The number of halogens is 1. The maximum atomic E-state index is 5.67. The Hall–Kier alpha value is -0.380. The molecule has 1 aromatic carbocycles. The Morgan fingerprint density at radius 1 is 1.47 bits per heavy atom. The number of rotatable bonds is 6. The largest absolute Gasteiger partial charge is 0.377 e. The smallest absolute Gasteiger partial charge is 0.0803 e. The molecular weight excluding hydrogens is 278 g/mol. The van der Waals surface area contributed by atoms with Crippen molar-refractivity contribution in [3.8, 4) is 0 Å². The Balaban J connectivity index is 2.83. The normalized spacial score (nSPS) is 16.5. The molecule has 3 heteroatoms. The van der Waals surface area contributed by atoms with E-state index in [1.165, 1.54) is 5.56 Å². The highest BCUT2D eigenvalue weighted by Gasteiger charge is 2.31. The number of ether oxygens (including phenoxy) is 1. The van der Waals surface area contributed by atoms with Crippen LogP contribution in [-0.4, -0.2) is 25.8 Å². The van der Waals surface area contributed by atoms with E-state index in [1.807, 2.05) is 13.1 Å². The van der Waals surface area contributed by atoms with Crippen LogP contribution >= 0.6 is 15.9 Å². The molecule has 2 unspecified atom stereocenters. The van der Waals surface area contributed by atoms with E-state index in [9.17, 15) is 0 Å². The molecule has 0 aliphatic carbocycles. The molecule has 17 heavy (non-hydrogen) atoms. The summed E-state index contributed by atoms with van der Waals surface area (Å²) in [5.74, 6) is 0. The van der Waals surface area contributed by atoms with Crippen LogP contribution in [0.1, 0.15) is 25.8 Å². The molecule has 96 valence electrons. The molecule has 0 bridgehead atoms. The van der Waals surface area contributed by atoms with Crippen LogP contribution in [0.5, 0.6) is 0 Å². The fourth-order valence-corrected chi connectivity index (χ4v) is 2.50. The zero-order chi connectivity index (χ0) is 12.9. The van der Waals surface area contributed by atoms with E-state index in [1.54, 1.807) is 7.11 Å². The van der Waals surface area contributed by atoms with E-state index >= 15 is 0 Å².